The molecule has 0 aliphatic rings. The second-order valence-corrected chi connectivity index (χ2v) is 1.61. The van der Waals surface area contributed by atoms with Crippen molar-refractivity contribution < 1.29 is 19.4 Å². The lowest BCUT2D eigenvalue weighted by Crippen LogP contribution is -1.96. The molecule has 0 rings (SSSR count). The van der Waals surface area contributed by atoms with Crippen LogP contribution in [0.25, 0.3) is 0 Å². The first-order chi connectivity index (χ1) is 6.02. The van der Waals surface area contributed by atoms with Crippen LogP contribution in [-0.2, 0) is 9.53 Å². The normalized spacial score (nSPS) is 10.5. The summed E-state index contributed by atoms with van der Waals surface area (Å²) >= 11 is 0. The number of hydrogen-bond acceptors (Lipinski definition) is 6. The zero-order chi connectivity index (χ0) is 10.3. The number of nitro groups is 2. The molecule has 0 amide bonds. The Morgan fingerprint density at radius 3 is 2.15 bits per heavy atom. The van der Waals surface area contributed by atoms with Gasteiger partial charge in [0, 0.05) is 0 Å². The molecule has 0 aliphatic carbocycles. The minimum atomic E-state index is -1.06. The zero-order valence-electron chi connectivity index (χ0n) is 6.15. The van der Waals surface area contributed by atoms with Crippen LogP contribution < -0.4 is 0 Å². The lowest BCUT2D eigenvalue weighted by Gasteiger charge is -1.86. The third-order valence-corrected chi connectivity index (χ3v) is 0.699. The molecule has 8 nitrogen and oxygen atoms in total. The number of esters is 1. The number of rotatable bonds is 4. The van der Waals surface area contributed by atoms with E-state index in [1.807, 2.05) is 0 Å². The van der Waals surface area contributed by atoms with E-state index < -0.39 is 15.8 Å². The first-order valence-electron chi connectivity index (χ1n) is 2.85. The van der Waals surface area contributed by atoms with Gasteiger partial charge in [0.15, 0.2) is 6.26 Å². The largest absolute Gasteiger partial charge is 0.425 e. The second-order valence-electron chi connectivity index (χ2n) is 1.61. The van der Waals surface area contributed by atoms with E-state index in [1.54, 1.807) is 0 Å². The highest BCUT2D eigenvalue weighted by molar-refractivity contribution is 5.81. The second kappa shape index (κ2) is 5.41. The van der Waals surface area contributed by atoms with E-state index in [2.05, 4.69) is 4.74 Å². The van der Waals surface area contributed by atoms with Crippen LogP contribution in [0.4, 0.5) is 0 Å². The van der Waals surface area contributed by atoms with Crippen molar-refractivity contribution >= 4 is 5.97 Å². The van der Waals surface area contributed by atoms with Crippen molar-refractivity contribution in [3.05, 3.63) is 45.0 Å². The van der Waals surface area contributed by atoms with E-state index in [0.29, 0.717) is 24.7 Å². The van der Waals surface area contributed by atoms with Gasteiger partial charge in [-0.05, 0) is 0 Å². The van der Waals surface area contributed by atoms with Gasteiger partial charge in [-0.25, -0.2) is 4.79 Å². The average molecular weight is 188 g/mol. The Labute approximate surface area is 71.4 Å². The van der Waals surface area contributed by atoms with Gasteiger partial charge < -0.3 is 4.74 Å². The van der Waals surface area contributed by atoms with E-state index >= 15 is 0 Å². The summed E-state index contributed by atoms with van der Waals surface area (Å²) in [6.45, 7) is 0. The summed E-state index contributed by atoms with van der Waals surface area (Å²) in [5, 5.41) is 19.3. The topological polar surface area (TPSA) is 113 Å². The number of nitrogens with zero attached hydrogens (tertiary/aromatic N) is 2. The van der Waals surface area contributed by atoms with Crippen LogP contribution in [0.3, 0.4) is 0 Å². The number of carbonyl (C=O) groups is 1. The Balaban J connectivity index is 3.89. The molecule has 13 heavy (non-hydrogen) atoms. The van der Waals surface area contributed by atoms with Crippen molar-refractivity contribution in [2.45, 2.75) is 0 Å². The monoisotopic (exact) mass is 188 g/mol. The molecule has 0 saturated heterocycles. The van der Waals surface area contributed by atoms with Crippen LogP contribution in [0.1, 0.15) is 0 Å². The maximum absolute atomic E-state index is 10.4. The van der Waals surface area contributed by atoms with Crippen LogP contribution in [-0.4, -0.2) is 15.8 Å². The molecule has 0 N–H and O–H groups in total. The van der Waals surface area contributed by atoms with E-state index in [-0.39, 0.29) is 0 Å². The lowest BCUT2D eigenvalue weighted by molar-refractivity contribution is -0.404. The van der Waals surface area contributed by atoms with Crippen molar-refractivity contribution in [1.29, 1.82) is 0 Å². The highest BCUT2D eigenvalue weighted by atomic mass is 16.6. The summed E-state index contributed by atoms with van der Waals surface area (Å²) in [6.07, 6.45) is 1.80. The summed E-state index contributed by atoms with van der Waals surface area (Å²) < 4.78 is 4.05. The highest BCUT2D eigenvalue weighted by Gasteiger charge is 1.97. The highest BCUT2D eigenvalue weighted by Crippen LogP contribution is 1.84. The van der Waals surface area contributed by atoms with E-state index in [1.165, 1.54) is 0 Å². The van der Waals surface area contributed by atoms with Gasteiger partial charge >= 0.3 is 5.97 Å². The van der Waals surface area contributed by atoms with Crippen molar-refractivity contribution in [3.8, 4) is 0 Å². The van der Waals surface area contributed by atoms with Gasteiger partial charge in [-0.2, -0.15) is 0 Å². The lowest BCUT2D eigenvalue weighted by atomic mass is 10.6. The van der Waals surface area contributed by atoms with Crippen LogP contribution in [0.2, 0.25) is 0 Å². The molecule has 0 aromatic carbocycles. The van der Waals surface area contributed by atoms with Gasteiger partial charge in [-0.3, -0.25) is 20.2 Å². The summed E-state index contributed by atoms with van der Waals surface area (Å²) in [4.78, 5) is 28.1. The number of hydrogen-bond donors (Lipinski definition) is 0. The molecular formula is C5H4N2O6. The summed E-state index contributed by atoms with van der Waals surface area (Å²) in [6, 6.07) is 0. The molecule has 0 saturated carbocycles. The fraction of sp³-hybridized carbons (Fsp3) is 0. The van der Waals surface area contributed by atoms with E-state index in [0.717, 1.165) is 0 Å². The molecule has 0 radical (unpaired) electrons. The first kappa shape index (κ1) is 10.8. The van der Waals surface area contributed by atoms with Gasteiger partial charge in [-0.1, -0.05) is 0 Å². The molecule has 0 heterocycles. The Morgan fingerprint density at radius 2 is 1.69 bits per heavy atom. The van der Waals surface area contributed by atoms with Crippen LogP contribution in [0.15, 0.2) is 24.7 Å². The van der Waals surface area contributed by atoms with Crippen LogP contribution >= 0.6 is 0 Å². The maximum Gasteiger partial charge on any atom is 0.342 e. The number of carbonyl (C=O) groups excluding carboxylic acids is 1. The molecule has 70 valence electrons. The van der Waals surface area contributed by atoms with Gasteiger partial charge in [-0.15, -0.1) is 0 Å². The first-order valence-corrected chi connectivity index (χ1v) is 2.85. The molecular weight excluding hydrogens is 184 g/mol. The molecule has 0 aromatic rings. The fourth-order valence-corrected chi connectivity index (χ4v) is 0.308. The Hall–Kier alpha value is -2.25. The van der Waals surface area contributed by atoms with Crippen molar-refractivity contribution in [3.63, 3.8) is 0 Å². The summed E-state index contributed by atoms with van der Waals surface area (Å²) in [5.41, 5.74) is 0. The molecule has 0 aromatic heterocycles. The van der Waals surface area contributed by atoms with E-state index in [9.17, 15) is 25.0 Å². The zero-order valence-corrected chi connectivity index (χ0v) is 6.15. The predicted molar refractivity (Wildman–Crippen MR) is 38.4 cm³/mol. The standard InChI is InChI=1S/C5H4N2O6/c8-5(1-2-6(9)10)13-4-3-7(11)12/h1-4H/b2-1+,4-3+. The van der Waals surface area contributed by atoms with Crippen molar-refractivity contribution in [2.75, 3.05) is 0 Å². The quantitative estimate of drug-likeness (QED) is 0.203. The van der Waals surface area contributed by atoms with Crippen LogP contribution in [0, 0.1) is 20.2 Å². The summed E-state index contributed by atoms with van der Waals surface area (Å²) in [7, 11) is 0. The third kappa shape index (κ3) is 7.65. The minimum Gasteiger partial charge on any atom is -0.425 e. The van der Waals surface area contributed by atoms with Gasteiger partial charge in [0.1, 0.15) is 0 Å². The third-order valence-electron chi connectivity index (χ3n) is 0.699. The summed E-state index contributed by atoms with van der Waals surface area (Å²) in [5.74, 6) is -1.06. The molecule has 8 heteroatoms. The Bertz CT molecular complexity index is 281. The van der Waals surface area contributed by atoms with Gasteiger partial charge in [0.2, 0.25) is 6.20 Å². The Kier molecular flexibility index (Phi) is 4.47. The maximum atomic E-state index is 10.4. The average Bonchev–Trinajstić information content (AvgIpc) is 2.00. The Morgan fingerprint density at radius 1 is 1.15 bits per heavy atom. The van der Waals surface area contributed by atoms with Crippen molar-refractivity contribution in [2.24, 2.45) is 0 Å². The van der Waals surface area contributed by atoms with E-state index in [4.69, 9.17) is 0 Å². The van der Waals surface area contributed by atoms with Gasteiger partial charge in [0.25, 0.3) is 6.20 Å². The molecule has 0 unspecified atom stereocenters. The smallest absolute Gasteiger partial charge is 0.342 e. The predicted octanol–water partition coefficient (Wildman–Crippen LogP) is 0.0679. The molecule has 0 aliphatic heterocycles. The molecule has 0 fully saturated rings. The van der Waals surface area contributed by atoms with Crippen LogP contribution in [0.5, 0.6) is 0 Å². The molecule has 0 atom stereocenters. The number of ether oxygens (including phenoxy) is 1. The molecule has 0 spiro atoms. The van der Waals surface area contributed by atoms with Crippen molar-refractivity contribution in [1.82, 2.24) is 0 Å². The SMILES string of the molecule is O=C(/C=C/[N+](=O)[O-])O/C=C/[N+](=O)[O-]. The molecule has 0 bridgehead atoms. The minimum absolute atomic E-state index is 0.363. The van der Waals surface area contributed by atoms with Gasteiger partial charge in [0.05, 0.1) is 15.9 Å². The fourth-order valence-electron chi connectivity index (χ4n) is 0.308.